The Morgan fingerprint density at radius 2 is 1.84 bits per heavy atom. The van der Waals surface area contributed by atoms with Crippen molar-refractivity contribution in [1.29, 1.82) is 0 Å². The smallest absolute Gasteiger partial charge is 0.322 e. The molecule has 7 heteroatoms. The Morgan fingerprint density at radius 1 is 1.11 bits per heavy atom. The van der Waals surface area contributed by atoms with Crippen molar-refractivity contribution in [3.05, 3.63) is 0 Å². The highest BCUT2D eigenvalue weighted by Gasteiger charge is 2.12. The normalized spacial score (nSPS) is 12.0. The van der Waals surface area contributed by atoms with E-state index < -0.39 is 0 Å². The zero-order valence-corrected chi connectivity index (χ0v) is 12.1. The van der Waals surface area contributed by atoms with Gasteiger partial charge in [0.15, 0.2) is 0 Å². The van der Waals surface area contributed by atoms with Crippen molar-refractivity contribution in [3.8, 4) is 6.01 Å². The number of aromatic nitrogens is 3. The van der Waals surface area contributed by atoms with E-state index in [0.29, 0.717) is 24.5 Å². The Labute approximate surface area is 114 Å². The van der Waals surface area contributed by atoms with Crippen molar-refractivity contribution in [2.75, 3.05) is 38.0 Å². The quantitative estimate of drug-likeness (QED) is 0.703. The molecule has 0 saturated heterocycles. The maximum atomic E-state index is 5.18. The summed E-state index contributed by atoms with van der Waals surface area (Å²) in [6.45, 7) is 5.46. The molecule has 1 aromatic rings. The third kappa shape index (κ3) is 5.25. The molecule has 0 aromatic carbocycles. The summed E-state index contributed by atoms with van der Waals surface area (Å²) < 4.78 is 10.3. The van der Waals surface area contributed by atoms with Gasteiger partial charge in [0.05, 0.1) is 19.8 Å². The highest BCUT2D eigenvalue weighted by Crippen LogP contribution is 2.13. The Kier molecular flexibility index (Phi) is 6.88. The number of hydrogen-bond donors (Lipinski definition) is 2. The van der Waals surface area contributed by atoms with Crippen LogP contribution in [0.3, 0.4) is 0 Å². The largest absolute Gasteiger partial charge is 0.467 e. The minimum absolute atomic E-state index is 0.177. The van der Waals surface area contributed by atoms with Gasteiger partial charge in [-0.3, -0.25) is 0 Å². The minimum Gasteiger partial charge on any atom is -0.467 e. The maximum absolute atomic E-state index is 5.18. The van der Waals surface area contributed by atoms with Crippen LogP contribution in [-0.4, -0.2) is 48.4 Å². The second kappa shape index (κ2) is 8.47. The fourth-order valence-electron chi connectivity index (χ4n) is 1.68. The molecule has 1 unspecified atom stereocenters. The lowest BCUT2D eigenvalue weighted by Gasteiger charge is -2.17. The first-order valence-corrected chi connectivity index (χ1v) is 6.52. The highest BCUT2D eigenvalue weighted by atomic mass is 16.5. The van der Waals surface area contributed by atoms with Gasteiger partial charge in [0, 0.05) is 13.7 Å². The molecule has 1 rings (SSSR count). The number of nitrogens with zero attached hydrogens (tertiary/aromatic N) is 3. The van der Waals surface area contributed by atoms with E-state index in [1.54, 1.807) is 7.11 Å². The van der Waals surface area contributed by atoms with Crippen LogP contribution >= 0.6 is 0 Å². The first kappa shape index (κ1) is 15.4. The number of nitrogens with one attached hydrogen (secondary N) is 2. The van der Waals surface area contributed by atoms with Gasteiger partial charge in [0.1, 0.15) is 0 Å². The molecule has 1 heterocycles. The van der Waals surface area contributed by atoms with Crippen LogP contribution in [0.4, 0.5) is 11.9 Å². The van der Waals surface area contributed by atoms with Gasteiger partial charge in [-0.1, -0.05) is 13.3 Å². The summed E-state index contributed by atoms with van der Waals surface area (Å²) in [6, 6.07) is 0.470. The summed E-state index contributed by atoms with van der Waals surface area (Å²) >= 11 is 0. The average Bonchev–Trinajstić information content (AvgIpc) is 2.39. The Bertz CT molecular complexity index is 369. The molecular weight excluding hydrogens is 246 g/mol. The molecule has 1 atom stereocenters. The molecule has 1 aromatic heterocycles. The fraction of sp³-hybridized carbons (Fsp3) is 0.750. The highest BCUT2D eigenvalue weighted by molar-refractivity contribution is 5.36. The molecule has 0 fully saturated rings. The van der Waals surface area contributed by atoms with Crippen LogP contribution in [0.5, 0.6) is 6.01 Å². The van der Waals surface area contributed by atoms with E-state index in [1.807, 2.05) is 6.92 Å². The summed E-state index contributed by atoms with van der Waals surface area (Å²) in [5.41, 5.74) is 0. The van der Waals surface area contributed by atoms with E-state index >= 15 is 0 Å². The van der Waals surface area contributed by atoms with Gasteiger partial charge in [-0.15, -0.1) is 0 Å². The maximum Gasteiger partial charge on any atom is 0.322 e. The summed E-state index contributed by atoms with van der Waals surface area (Å²) in [5.74, 6) is 1.00. The Morgan fingerprint density at radius 3 is 2.42 bits per heavy atom. The summed E-state index contributed by atoms with van der Waals surface area (Å²) in [5, 5.41) is 6.29. The van der Waals surface area contributed by atoms with Crippen molar-refractivity contribution in [3.63, 3.8) is 0 Å². The average molecular weight is 269 g/mol. The van der Waals surface area contributed by atoms with Gasteiger partial charge >= 0.3 is 6.01 Å². The lowest BCUT2D eigenvalue weighted by Crippen LogP contribution is -2.26. The topological polar surface area (TPSA) is 81.2 Å². The zero-order valence-electron chi connectivity index (χ0n) is 12.1. The number of rotatable bonds is 9. The van der Waals surface area contributed by atoms with Crippen molar-refractivity contribution in [1.82, 2.24) is 15.0 Å². The standard InChI is InChI=1S/C12H23N5O2/c1-5-7-9(8-18-3)14-11-15-10(13-6-2)16-12(17-11)19-4/h9H,5-8H2,1-4H3,(H2,13,14,15,16,17). The molecular formula is C12H23N5O2. The number of ether oxygens (including phenoxy) is 2. The van der Waals surface area contributed by atoms with Gasteiger partial charge < -0.3 is 20.1 Å². The van der Waals surface area contributed by atoms with Crippen molar-refractivity contribution >= 4 is 11.9 Å². The van der Waals surface area contributed by atoms with E-state index in [0.717, 1.165) is 19.4 Å². The first-order valence-electron chi connectivity index (χ1n) is 6.52. The van der Waals surface area contributed by atoms with Gasteiger partial charge in [-0.2, -0.15) is 15.0 Å². The predicted molar refractivity (Wildman–Crippen MR) is 74.7 cm³/mol. The van der Waals surface area contributed by atoms with Crippen LogP contribution in [0.2, 0.25) is 0 Å². The molecule has 19 heavy (non-hydrogen) atoms. The van der Waals surface area contributed by atoms with Crippen molar-refractivity contribution < 1.29 is 9.47 Å². The minimum atomic E-state index is 0.177. The Hall–Kier alpha value is -1.63. The fourth-order valence-corrected chi connectivity index (χ4v) is 1.68. The van der Waals surface area contributed by atoms with Crippen molar-refractivity contribution in [2.24, 2.45) is 0 Å². The van der Waals surface area contributed by atoms with E-state index in [9.17, 15) is 0 Å². The van der Waals surface area contributed by atoms with Gasteiger partial charge in [-0.25, -0.2) is 0 Å². The van der Waals surface area contributed by atoms with Gasteiger partial charge in [0.25, 0.3) is 0 Å². The molecule has 0 amide bonds. The molecule has 0 bridgehead atoms. The third-order valence-electron chi connectivity index (χ3n) is 2.47. The lowest BCUT2D eigenvalue weighted by molar-refractivity contribution is 0.182. The molecule has 0 aliphatic heterocycles. The second-order valence-electron chi connectivity index (χ2n) is 4.08. The van der Waals surface area contributed by atoms with E-state index in [-0.39, 0.29) is 6.04 Å². The Balaban J connectivity index is 2.81. The molecule has 0 aliphatic rings. The summed E-state index contributed by atoms with van der Waals surface area (Å²) in [7, 11) is 3.22. The first-order chi connectivity index (χ1) is 9.23. The predicted octanol–water partition coefficient (Wildman–Crippen LogP) is 1.54. The SMILES string of the molecule is CCCC(COC)Nc1nc(NCC)nc(OC)n1. The number of methoxy groups -OCH3 is 2. The van der Waals surface area contributed by atoms with Crippen LogP contribution in [0, 0.1) is 0 Å². The van der Waals surface area contributed by atoms with Gasteiger partial charge in [0.2, 0.25) is 11.9 Å². The number of hydrogen-bond acceptors (Lipinski definition) is 7. The molecule has 0 radical (unpaired) electrons. The molecule has 0 saturated carbocycles. The molecule has 2 N–H and O–H groups in total. The summed E-state index contributed by atoms with van der Waals surface area (Å²) in [4.78, 5) is 12.6. The van der Waals surface area contributed by atoms with Crippen LogP contribution < -0.4 is 15.4 Å². The zero-order chi connectivity index (χ0) is 14.1. The lowest BCUT2D eigenvalue weighted by atomic mass is 10.2. The second-order valence-corrected chi connectivity index (χ2v) is 4.08. The molecule has 0 spiro atoms. The third-order valence-corrected chi connectivity index (χ3v) is 2.47. The monoisotopic (exact) mass is 269 g/mol. The van der Waals surface area contributed by atoms with E-state index in [1.165, 1.54) is 7.11 Å². The number of anilines is 2. The molecule has 108 valence electrons. The van der Waals surface area contributed by atoms with E-state index in [4.69, 9.17) is 9.47 Å². The molecule has 7 nitrogen and oxygen atoms in total. The van der Waals surface area contributed by atoms with Crippen LogP contribution in [0.1, 0.15) is 26.7 Å². The summed E-state index contributed by atoms with van der Waals surface area (Å²) in [6.07, 6.45) is 2.04. The molecule has 0 aliphatic carbocycles. The van der Waals surface area contributed by atoms with E-state index in [2.05, 4.69) is 32.5 Å². The van der Waals surface area contributed by atoms with Crippen LogP contribution in [0.25, 0.3) is 0 Å². The van der Waals surface area contributed by atoms with Gasteiger partial charge in [-0.05, 0) is 13.3 Å². The van der Waals surface area contributed by atoms with Crippen LogP contribution in [-0.2, 0) is 4.74 Å². The van der Waals surface area contributed by atoms with Crippen LogP contribution in [0.15, 0.2) is 0 Å². The van der Waals surface area contributed by atoms with Crippen molar-refractivity contribution in [2.45, 2.75) is 32.7 Å².